The molecule has 0 amide bonds. The molecule has 0 aliphatic heterocycles. The predicted molar refractivity (Wildman–Crippen MR) is 56.5 cm³/mol. The molecule has 0 spiro atoms. The predicted octanol–water partition coefficient (Wildman–Crippen LogP) is 2.73. The Morgan fingerprint density at radius 3 is 2.82 bits per heavy atom. The normalized spacial score (nSPS) is 13.9. The number of hydrogen-bond donors (Lipinski definition) is 1. The molecule has 6 heteroatoms. The average Bonchev–Trinajstić information content (AvgIpc) is 2.68. The SMILES string of the molecule is CC(CNCc1ccco1)OCCC(F)(F)F. The van der Waals surface area contributed by atoms with Crippen LogP contribution < -0.4 is 5.32 Å². The van der Waals surface area contributed by atoms with Gasteiger partial charge in [-0.05, 0) is 19.1 Å². The first-order valence-electron chi connectivity index (χ1n) is 5.39. The molecule has 3 nitrogen and oxygen atoms in total. The Hall–Kier alpha value is -1.01. The third kappa shape index (κ3) is 7.01. The van der Waals surface area contributed by atoms with E-state index >= 15 is 0 Å². The quantitative estimate of drug-likeness (QED) is 0.809. The van der Waals surface area contributed by atoms with Gasteiger partial charge in [0.1, 0.15) is 5.76 Å². The van der Waals surface area contributed by atoms with E-state index in [4.69, 9.17) is 9.15 Å². The van der Waals surface area contributed by atoms with Gasteiger partial charge in [0, 0.05) is 6.54 Å². The van der Waals surface area contributed by atoms with Crippen molar-refractivity contribution in [3.05, 3.63) is 24.2 Å². The highest BCUT2D eigenvalue weighted by atomic mass is 19.4. The number of alkyl halides is 3. The van der Waals surface area contributed by atoms with E-state index in [9.17, 15) is 13.2 Å². The van der Waals surface area contributed by atoms with E-state index in [1.165, 1.54) is 0 Å². The van der Waals surface area contributed by atoms with Gasteiger partial charge >= 0.3 is 6.18 Å². The Labute approximate surface area is 97.9 Å². The molecule has 0 fully saturated rings. The summed E-state index contributed by atoms with van der Waals surface area (Å²) in [6, 6.07) is 3.60. The van der Waals surface area contributed by atoms with Gasteiger partial charge in [-0.3, -0.25) is 0 Å². The molecule has 0 radical (unpaired) electrons. The second kappa shape index (κ2) is 6.66. The summed E-state index contributed by atoms with van der Waals surface area (Å²) in [4.78, 5) is 0. The van der Waals surface area contributed by atoms with E-state index in [1.54, 1.807) is 19.3 Å². The Morgan fingerprint density at radius 2 is 2.24 bits per heavy atom. The van der Waals surface area contributed by atoms with Crippen molar-refractivity contribution >= 4 is 0 Å². The fraction of sp³-hybridized carbons (Fsp3) is 0.636. The maximum absolute atomic E-state index is 11.8. The lowest BCUT2D eigenvalue weighted by Gasteiger charge is -2.14. The summed E-state index contributed by atoms with van der Waals surface area (Å²) in [6.45, 7) is 2.46. The number of furan rings is 1. The zero-order valence-corrected chi connectivity index (χ0v) is 9.59. The first-order valence-corrected chi connectivity index (χ1v) is 5.39. The van der Waals surface area contributed by atoms with E-state index < -0.39 is 12.6 Å². The maximum Gasteiger partial charge on any atom is 0.391 e. The van der Waals surface area contributed by atoms with Gasteiger partial charge in [0.05, 0.1) is 31.9 Å². The average molecular weight is 251 g/mol. The number of hydrogen-bond acceptors (Lipinski definition) is 3. The van der Waals surface area contributed by atoms with Crippen LogP contribution >= 0.6 is 0 Å². The minimum absolute atomic E-state index is 0.257. The molecule has 17 heavy (non-hydrogen) atoms. The van der Waals surface area contributed by atoms with Crippen LogP contribution in [0, 0.1) is 0 Å². The van der Waals surface area contributed by atoms with Crippen molar-refractivity contribution in [2.75, 3.05) is 13.2 Å². The van der Waals surface area contributed by atoms with Crippen LogP contribution in [-0.2, 0) is 11.3 Å². The molecule has 1 atom stereocenters. The molecule has 0 bridgehead atoms. The summed E-state index contributed by atoms with van der Waals surface area (Å²) in [5.41, 5.74) is 0. The van der Waals surface area contributed by atoms with Gasteiger partial charge in [0.25, 0.3) is 0 Å². The second-order valence-corrected chi connectivity index (χ2v) is 3.76. The van der Waals surface area contributed by atoms with Crippen LogP contribution in [0.25, 0.3) is 0 Å². The molecule has 1 N–H and O–H groups in total. The van der Waals surface area contributed by atoms with Crippen molar-refractivity contribution in [1.29, 1.82) is 0 Å². The Balaban J connectivity index is 2.03. The van der Waals surface area contributed by atoms with Crippen molar-refractivity contribution in [3.8, 4) is 0 Å². The van der Waals surface area contributed by atoms with E-state index in [2.05, 4.69) is 5.32 Å². The molecule has 1 unspecified atom stereocenters. The van der Waals surface area contributed by atoms with Gasteiger partial charge in [0.15, 0.2) is 0 Å². The molecule has 0 aromatic carbocycles. The van der Waals surface area contributed by atoms with Crippen LogP contribution in [-0.4, -0.2) is 25.4 Å². The number of halogens is 3. The lowest BCUT2D eigenvalue weighted by atomic mass is 10.3. The summed E-state index contributed by atoms with van der Waals surface area (Å²) >= 11 is 0. The molecule has 1 aromatic heterocycles. The highest BCUT2D eigenvalue weighted by Gasteiger charge is 2.26. The molecular weight excluding hydrogens is 235 g/mol. The first kappa shape index (κ1) is 14.1. The molecule has 1 heterocycles. The molecule has 0 aliphatic rings. The summed E-state index contributed by atoms with van der Waals surface area (Å²) in [5.74, 6) is 0.785. The van der Waals surface area contributed by atoms with Crippen LogP contribution in [0.15, 0.2) is 22.8 Å². The fourth-order valence-corrected chi connectivity index (χ4v) is 1.25. The largest absolute Gasteiger partial charge is 0.468 e. The minimum atomic E-state index is -4.15. The second-order valence-electron chi connectivity index (χ2n) is 3.76. The summed E-state index contributed by atoms with van der Waals surface area (Å²) < 4.78 is 45.6. The van der Waals surface area contributed by atoms with Gasteiger partial charge in [-0.15, -0.1) is 0 Å². The van der Waals surface area contributed by atoms with Crippen LogP contribution in [0.1, 0.15) is 19.1 Å². The Bertz CT molecular complexity index is 298. The smallest absolute Gasteiger partial charge is 0.391 e. The standard InChI is InChI=1S/C11H16F3NO2/c1-9(16-6-4-11(12,13)14)7-15-8-10-3-2-5-17-10/h2-3,5,9,15H,4,6-8H2,1H3. The summed E-state index contributed by atoms with van der Waals surface area (Å²) in [7, 11) is 0. The van der Waals surface area contributed by atoms with Crippen LogP contribution in [0.3, 0.4) is 0 Å². The van der Waals surface area contributed by atoms with Crippen molar-refractivity contribution < 1.29 is 22.3 Å². The molecule has 1 aromatic rings. The van der Waals surface area contributed by atoms with Gasteiger partial charge in [-0.1, -0.05) is 0 Å². The third-order valence-corrected chi connectivity index (χ3v) is 2.10. The summed E-state index contributed by atoms with van der Waals surface area (Å²) in [5, 5.41) is 3.04. The molecule has 0 aliphatic carbocycles. The molecule has 98 valence electrons. The zero-order valence-electron chi connectivity index (χ0n) is 9.59. The van der Waals surface area contributed by atoms with Crippen LogP contribution in [0.2, 0.25) is 0 Å². The van der Waals surface area contributed by atoms with Gasteiger partial charge < -0.3 is 14.5 Å². The van der Waals surface area contributed by atoms with E-state index in [0.29, 0.717) is 13.1 Å². The lowest BCUT2D eigenvalue weighted by Crippen LogP contribution is -2.27. The van der Waals surface area contributed by atoms with Gasteiger partial charge in [-0.25, -0.2) is 0 Å². The van der Waals surface area contributed by atoms with E-state index in [0.717, 1.165) is 5.76 Å². The molecular formula is C11H16F3NO2. The first-order chi connectivity index (χ1) is 7.97. The Morgan fingerprint density at radius 1 is 1.47 bits per heavy atom. The van der Waals surface area contributed by atoms with Crippen molar-refractivity contribution in [2.24, 2.45) is 0 Å². The highest BCUT2D eigenvalue weighted by molar-refractivity contribution is 4.97. The third-order valence-electron chi connectivity index (χ3n) is 2.10. The van der Waals surface area contributed by atoms with E-state index in [-0.39, 0.29) is 12.7 Å². The van der Waals surface area contributed by atoms with Gasteiger partial charge in [-0.2, -0.15) is 13.2 Å². The lowest BCUT2D eigenvalue weighted by molar-refractivity contribution is -0.148. The Kier molecular flexibility index (Phi) is 5.50. The molecule has 1 rings (SSSR count). The summed E-state index contributed by atoms with van der Waals surface area (Å²) in [6.07, 6.45) is -3.75. The van der Waals surface area contributed by atoms with Crippen molar-refractivity contribution in [2.45, 2.75) is 32.2 Å². The maximum atomic E-state index is 11.8. The minimum Gasteiger partial charge on any atom is -0.468 e. The van der Waals surface area contributed by atoms with Crippen molar-refractivity contribution in [1.82, 2.24) is 5.32 Å². The highest BCUT2D eigenvalue weighted by Crippen LogP contribution is 2.19. The molecule has 0 saturated heterocycles. The molecule has 0 saturated carbocycles. The van der Waals surface area contributed by atoms with Gasteiger partial charge in [0.2, 0.25) is 0 Å². The zero-order chi connectivity index (χ0) is 12.7. The van der Waals surface area contributed by atoms with Crippen LogP contribution in [0.5, 0.6) is 0 Å². The number of nitrogens with one attached hydrogen (secondary N) is 1. The number of rotatable bonds is 7. The van der Waals surface area contributed by atoms with Crippen LogP contribution in [0.4, 0.5) is 13.2 Å². The monoisotopic (exact) mass is 251 g/mol. The van der Waals surface area contributed by atoms with Crippen molar-refractivity contribution in [3.63, 3.8) is 0 Å². The topological polar surface area (TPSA) is 34.4 Å². The number of ether oxygens (including phenoxy) is 1. The van der Waals surface area contributed by atoms with E-state index in [1.807, 2.05) is 6.07 Å². The fourth-order valence-electron chi connectivity index (χ4n) is 1.25.